The number of esters is 1. The second kappa shape index (κ2) is 51.6. The summed E-state index contributed by atoms with van der Waals surface area (Å²) >= 11 is 0. The van der Waals surface area contributed by atoms with Gasteiger partial charge in [0.05, 0.1) is 25.4 Å². The molecule has 432 valence electrons. The Labute approximate surface area is 457 Å². The molecule has 1 aliphatic rings. The fraction of sp³-hybridized carbons (Fsp3) is 0.750. The molecule has 1 fully saturated rings. The number of carbonyl (C=O) groups is 2. The zero-order valence-corrected chi connectivity index (χ0v) is 47.6. The van der Waals surface area contributed by atoms with Crippen molar-refractivity contribution in [3.8, 4) is 0 Å². The molecule has 6 N–H and O–H groups in total. The Balaban J connectivity index is 2.65. The van der Waals surface area contributed by atoms with Gasteiger partial charge in [-0.15, -0.1) is 0 Å². The van der Waals surface area contributed by atoms with E-state index in [-0.39, 0.29) is 19.4 Å². The van der Waals surface area contributed by atoms with Crippen LogP contribution in [0.1, 0.15) is 245 Å². The molecule has 0 aromatic rings. The summed E-state index contributed by atoms with van der Waals surface area (Å²) in [7, 11) is 0. The SMILES string of the molecule is CC/C=C/C=C/C=C\C=C/CCCCCC(=O)OC1C(OCC(NC(=O)C(O)CCCCCCCCCCCCCC/C=C\C/C=C\CCCCC)C(O)/C=C/CCCCCCCCCCC)OC(CO)C(O)C1O. The molecule has 0 aliphatic carbocycles. The number of unbranched alkanes of at least 4 members (excludes halogenated alkanes) is 27. The maximum atomic E-state index is 13.4. The van der Waals surface area contributed by atoms with Gasteiger partial charge in [-0.25, -0.2) is 0 Å². The lowest BCUT2D eigenvalue weighted by Crippen LogP contribution is -2.61. The number of ether oxygens (including phenoxy) is 3. The van der Waals surface area contributed by atoms with Gasteiger partial charge < -0.3 is 45.1 Å². The number of hydrogen-bond acceptors (Lipinski definition) is 10. The molecule has 11 nitrogen and oxygen atoms in total. The summed E-state index contributed by atoms with van der Waals surface area (Å²) in [5.41, 5.74) is 0. The molecule has 1 amide bonds. The van der Waals surface area contributed by atoms with Crippen LogP contribution >= 0.6 is 0 Å². The molecule has 1 heterocycles. The molecule has 0 saturated carbocycles. The Morgan fingerprint density at radius 1 is 0.547 bits per heavy atom. The lowest BCUT2D eigenvalue weighted by Gasteiger charge is -2.41. The van der Waals surface area contributed by atoms with E-state index in [2.05, 4.69) is 62.5 Å². The lowest BCUT2D eigenvalue weighted by molar-refractivity contribution is -0.305. The van der Waals surface area contributed by atoms with Crippen molar-refractivity contribution in [2.45, 2.75) is 294 Å². The number of carbonyl (C=O) groups excluding carboxylic acids is 2. The molecule has 0 bridgehead atoms. The van der Waals surface area contributed by atoms with Crippen LogP contribution < -0.4 is 5.32 Å². The standard InChI is InChI=1S/C64H111NO10/c1-4-7-10-13-16-19-22-24-25-26-27-28-29-30-31-32-34-36-39-42-45-48-51-57(68)63(72)65-55(56(67)50-47-44-41-38-35-21-18-15-12-9-6-3)54-73-64-62(61(71)60(70)58(53-66)74-64)75-59(69)52-49-46-43-40-37-33-23-20-17-14-11-8-5-2/h8,11,14,16-17,19-20,23-25,33,37,47,50,55-58,60-62,64,66-68,70-71H,4-7,9-10,12-13,15,18,21-22,26-32,34-36,38-46,48-49,51-54H2,1-3H3,(H,65,72)/b11-8+,17-14+,19-16-,23-20-,25-24-,37-33-,50-47+. The number of aliphatic hydroxyl groups is 5. The van der Waals surface area contributed by atoms with Crippen LogP contribution in [0.4, 0.5) is 0 Å². The zero-order chi connectivity index (χ0) is 54.7. The molecule has 8 unspecified atom stereocenters. The third-order valence-electron chi connectivity index (χ3n) is 13.9. The smallest absolute Gasteiger partial charge is 0.306 e. The Bertz CT molecular complexity index is 1540. The summed E-state index contributed by atoms with van der Waals surface area (Å²) in [6, 6.07) is -1.04. The number of hydrogen-bond donors (Lipinski definition) is 6. The first-order chi connectivity index (χ1) is 36.7. The van der Waals surface area contributed by atoms with Gasteiger partial charge in [0.25, 0.3) is 0 Å². The molecule has 8 atom stereocenters. The van der Waals surface area contributed by atoms with Crippen molar-refractivity contribution in [3.63, 3.8) is 0 Å². The summed E-state index contributed by atoms with van der Waals surface area (Å²) in [5, 5.41) is 56.9. The summed E-state index contributed by atoms with van der Waals surface area (Å²) in [6.45, 7) is 5.58. The van der Waals surface area contributed by atoms with Crippen molar-refractivity contribution in [2.24, 2.45) is 0 Å². The molecular formula is C64H111NO10. The molecule has 0 aromatic carbocycles. The maximum Gasteiger partial charge on any atom is 0.306 e. The predicted molar refractivity (Wildman–Crippen MR) is 310 cm³/mol. The van der Waals surface area contributed by atoms with Crippen molar-refractivity contribution in [1.82, 2.24) is 5.32 Å². The van der Waals surface area contributed by atoms with Gasteiger partial charge in [-0.2, -0.15) is 0 Å². The summed E-state index contributed by atoms with van der Waals surface area (Å²) in [5.74, 6) is -1.24. The van der Waals surface area contributed by atoms with E-state index >= 15 is 0 Å². The highest BCUT2D eigenvalue weighted by Gasteiger charge is 2.47. The monoisotopic (exact) mass is 1050 g/mol. The van der Waals surface area contributed by atoms with Crippen molar-refractivity contribution in [3.05, 3.63) is 85.1 Å². The van der Waals surface area contributed by atoms with E-state index in [9.17, 15) is 35.1 Å². The van der Waals surface area contributed by atoms with Crippen molar-refractivity contribution >= 4 is 11.9 Å². The highest BCUT2D eigenvalue weighted by molar-refractivity contribution is 5.80. The Kier molecular flexibility index (Phi) is 48.0. The molecule has 0 aromatic heterocycles. The van der Waals surface area contributed by atoms with Gasteiger partial charge in [-0.1, -0.05) is 247 Å². The number of allylic oxidation sites excluding steroid dienone is 13. The van der Waals surface area contributed by atoms with Gasteiger partial charge in [-0.05, 0) is 77.0 Å². The van der Waals surface area contributed by atoms with Gasteiger partial charge in [0.1, 0.15) is 24.4 Å². The van der Waals surface area contributed by atoms with Crippen LogP contribution in [0.15, 0.2) is 85.1 Å². The van der Waals surface area contributed by atoms with Crippen LogP contribution in [0.25, 0.3) is 0 Å². The van der Waals surface area contributed by atoms with Crippen LogP contribution in [-0.2, 0) is 23.8 Å². The summed E-state index contributed by atoms with van der Waals surface area (Å²) in [6.07, 6.45) is 56.3. The van der Waals surface area contributed by atoms with Crippen molar-refractivity contribution < 1.29 is 49.3 Å². The summed E-state index contributed by atoms with van der Waals surface area (Å²) < 4.78 is 17.5. The minimum absolute atomic E-state index is 0.0746. The molecular weight excluding hydrogens is 943 g/mol. The van der Waals surface area contributed by atoms with Crippen LogP contribution in [0.5, 0.6) is 0 Å². The quantitative estimate of drug-likeness (QED) is 0.0149. The fourth-order valence-corrected chi connectivity index (χ4v) is 9.04. The number of rotatable bonds is 50. The minimum Gasteiger partial charge on any atom is -0.454 e. The normalized spacial score (nSPS) is 19.8. The number of nitrogens with one attached hydrogen (secondary N) is 1. The molecule has 1 aliphatic heterocycles. The van der Waals surface area contributed by atoms with Crippen molar-refractivity contribution in [2.75, 3.05) is 13.2 Å². The molecule has 75 heavy (non-hydrogen) atoms. The second-order valence-corrected chi connectivity index (χ2v) is 20.8. The molecule has 11 heteroatoms. The van der Waals surface area contributed by atoms with Gasteiger partial charge in [-0.3, -0.25) is 9.59 Å². The van der Waals surface area contributed by atoms with Gasteiger partial charge in [0.2, 0.25) is 5.91 Å². The summed E-state index contributed by atoms with van der Waals surface area (Å²) in [4.78, 5) is 26.5. The lowest BCUT2D eigenvalue weighted by atomic mass is 9.99. The Morgan fingerprint density at radius 2 is 1.01 bits per heavy atom. The van der Waals surface area contributed by atoms with Crippen molar-refractivity contribution in [1.29, 1.82) is 0 Å². The van der Waals surface area contributed by atoms with E-state index in [0.29, 0.717) is 12.8 Å². The van der Waals surface area contributed by atoms with E-state index in [4.69, 9.17) is 14.2 Å². The topological polar surface area (TPSA) is 175 Å². The highest BCUT2D eigenvalue weighted by Crippen LogP contribution is 2.26. The fourth-order valence-electron chi connectivity index (χ4n) is 9.04. The van der Waals surface area contributed by atoms with Gasteiger partial charge >= 0.3 is 5.97 Å². The highest BCUT2D eigenvalue weighted by atomic mass is 16.7. The second-order valence-electron chi connectivity index (χ2n) is 20.8. The van der Waals surface area contributed by atoms with E-state index in [1.54, 1.807) is 6.08 Å². The van der Waals surface area contributed by atoms with E-state index in [1.807, 2.05) is 42.5 Å². The predicted octanol–water partition coefficient (Wildman–Crippen LogP) is 14.2. The molecule has 1 rings (SSSR count). The third kappa shape index (κ3) is 39.8. The largest absolute Gasteiger partial charge is 0.454 e. The minimum atomic E-state index is -1.63. The molecule has 1 saturated heterocycles. The number of aliphatic hydroxyl groups excluding tert-OH is 5. The first kappa shape index (κ1) is 69.9. The maximum absolute atomic E-state index is 13.4. The van der Waals surface area contributed by atoms with Crippen LogP contribution in [-0.4, -0.2) is 99.6 Å². The van der Waals surface area contributed by atoms with Crippen LogP contribution in [0.2, 0.25) is 0 Å². The number of amides is 1. The van der Waals surface area contributed by atoms with E-state index in [0.717, 1.165) is 77.0 Å². The third-order valence-corrected chi connectivity index (χ3v) is 13.9. The Morgan fingerprint density at radius 3 is 1.57 bits per heavy atom. The van der Waals surface area contributed by atoms with Gasteiger partial charge in [0.15, 0.2) is 12.4 Å². The van der Waals surface area contributed by atoms with E-state index in [1.165, 1.54) is 122 Å². The van der Waals surface area contributed by atoms with Crippen LogP contribution in [0.3, 0.4) is 0 Å². The average molecular weight is 1050 g/mol. The zero-order valence-electron chi connectivity index (χ0n) is 47.6. The first-order valence-corrected chi connectivity index (χ1v) is 30.4. The molecule has 0 spiro atoms. The first-order valence-electron chi connectivity index (χ1n) is 30.4. The van der Waals surface area contributed by atoms with Crippen LogP contribution in [0, 0.1) is 0 Å². The van der Waals surface area contributed by atoms with E-state index < -0.39 is 67.4 Å². The Hall–Kier alpha value is -3.16. The average Bonchev–Trinajstić information content (AvgIpc) is 3.41. The molecule has 0 radical (unpaired) electrons. The van der Waals surface area contributed by atoms with Gasteiger partial charge in [0, 0.05) is 6.42 Å².